The Balaban J connectivity index is 1.47. The monoisotopic (exact) mass is 378 g/mol. The lowest BCUT2D eigenvalue weighted by Gasteiger charge is -2.33. The number of furan rings is 1. The number of fused-ring (bicyclic) bond motifs is 1. The summed E-state index contributed by atoms with van der Waals surface area (Å²) < 4.78 is 11.1. The lowest BCUT2D eigenvalue weighted by Crippen LogP contribution is -2.47. The molecule has 2 heterocycles. The summed E-state index contributed by atoms with van der Waals surface area (Å²) in [6, 6.07) is 16.2. The van der Waals surface area contributed by atoms with Gasteiger partial charge < -0.3 is 14.5 Å². The summed E-state index contributed by atoms with van der Waals surface area (Å²) in [5, 5.41) is 4.02. The quantitative estimate of drug-likeness (QED) is 0.725. The molecular weight excluding hydrogens is 352 g/mol. The number of piperidine rings is 1. The molecule has 3 aromatic rings. The zero-order valence-corrected chi connectivity index (χ0v) is 16.4. The summed E-state index contributed by atoms with van der Waals surface area (Å²) in [5.41, 5.74) is 2.62. The van der Waals surface area contributed by atoms with Crippen LogP contribution in [0.5, 0.6) is 5.75 Å². The molecule has 1 atom stereocenters. The molecule has 1 fully saturated rings. The molecule has 0 bridgehead atoms. The molecule has 4 rings (SSSR count). The van der Waals surface area contributed by atoms with Crippen LogP contribution < -0.4 is 10.1 Å². The zero-order chi connectivity index (χ0) is 19.5. The molecule has 5 heteroatoms. The number of hydrogen-bond acceptors (Lipinski definition) is 4. The summed E-state index contributed by atoms with van der Waals surface area (Å²) in [7, 11) is 1.62. The molecule has 0 spiro atoms. The van der Waals surface area contributed by atoms with E-state index in [4.69, 9.17) is 9.15 Å². The lowest BCUT2D eigenvalue weighted by atomic mass is 10.0. The van der Waals surface area contributed by atoms with Crippen LogP contribution in [0.25, 0.3) is 11.0 Å². The predicted octanol–water partition coefficient (Wildman–Crippen LogP) is 4.14. The van der Waals surface area contributed by atoms with E-state index in [9.17, 15) is 4.79 Å². The number of carbonyl (C=O) groups excluding carboxylic acids is 1. The van der Waals surface area contributed by atoms with Gasteiger partial charge in [0.05, 0.1) is 12.7 Å². The van der Waals surface area contributed by atoms with Crippen molar-refractivity contribution < 1.29 is 13.9 Å². The van der Waals surface area contributed by atoms with Gasteiger partial charge in [0.15, 0.2) is 0 Å². The Morgan fingerprint density at radius 1 is 1.25 bits per heavy atom. The summed E-state index contributed by atoms with van der Waals surface area (Å²) in [6.07, 6.45) is 2.08. The van der Waals surface area contributed by atoms with E-state index in [-0.39, 0.29) is 11.9 Å². The standard InChI is InChI=1S/C23H26N2O3/c1-16-22(20-13-19(27-2)10-11-21(20)28-16)23(26)24-18-9-6-12-25(15-18)14-17-7-4-3-5-8-17/h3-5,7-8,10-11,13,18H,6,9,12,14-15H2,1-2H3,(H,24,26). The van der Waals surface area contributed by atoms with Crippen LogP contribution in [0.1, 0.15) is 34.5 Å². The Hall–Kier alpha value is -2.79. The second kappa shape index (κ2) is 8.07. The first-order chi connectivity index (χ1) is 13.6. The van der Waals surface area contributed by atoms with E-state index >= 15 is 0 Å². The molecular formula is C23H26N2O3. The molecule has 146 valence electrons. The molecule has 5 nitrogen and oxygen atoms in total. The number of likely N-dealkylation sites (tertiary alicyclic amines) is 1. The van der Waals surface area contributed by atoms with E-state index in [2.05, 4.69) is 34.5 Å². The van der Waals surface area contributed by atoms with Crippen molar-refractivity contribution in [2.24, 2.45) is 0 Å². The number of hydrogen-bond donors (Lipinski definition) is 1. The summed E-state index contributed by atoms with van der Waals surface area (Å²) >= 11 is 0. The van der Waals surface area contributed by atoms with E-state index in [0.29, 0.717) is 22.7 Å². The van der Waals surface area contributed by atoms with E-state index in [1.165, 1.54) is 5.56 Å². The predicted molar refractivity (Wildman–Crippen MR) is 110 cm³/mol. The van der Waals surface area contributed by atoms with Crippen molar-refractivity contribution in [1.82, 2.24) is 10.2 Å². The SMILES string of the molecule is COc1ccc2oc(C)c(C(=O)NC3CCCN(Cc4ccccc4)C3)c2c1. The molecule has 1 amide bonds. The van der Waals surface area contributed by atoms with Crippen molar-refractivity contribution in [2.45, 2.75) is 32.4 Å². The highest BCUT2D eigenvalue weighted by atomic mass is 16.5. The van der Waals surface area contributed by atoms with Crippen molar-refractivity contribution in [1.29, 1.82) is 0 Å². The molecule has 28 heavy (non-hydrogen) atoms. The number of amides is 1. The number of carbonyl (C=O) groups is 1. The molecule has 1 N–H and O–H groups in total. The van der Waals surface area contributed by atoms with Gasteiger partial charge in [0.1, 0.15) is 17.1 Å². The van der Waals surface area contributed by atoms with Gasteiger partial charge in [-0.2, -0.15) is 0 Å². The number of methoxy groups -OCH3 is 1. The van der Waals surface area contributed by atoms with E-state index < -0.39 is 0 Å². The molecule has 1 aliphatic rings. The third kappa shape index (κ3) is 3.90. The van der Waals surface area contributed by atoms with Crippen LogP contribution in [0.3, 0.4) is 0 Å². The Morgan fingerprint density at radius 3 is 2.86 bits per heavy atom. The van der Waals surface area contributed by atoms with Crippen molar-refractivity contribution in [3.05, 3.63) is 65.4 Å². The zero-order valence-electron chi connectivity index (χ0n) is 16.4. The summed E-state index contributed by atoms with van der Waals surface area (Å²) in [4.78, 5) is 15.5. The van der Waals surface area contributed by atoms with Crippen LogP contribution in [-0.2, 0) is 6.54 Å². The Morgan fingerprint density at radius 2 is 2.07 bits per heavy atom. The fourth-order valence-corrected chi connectivity index (χ4v) is 4.02. The van der Waals surface area contributed by atoms with Gasteiger partial charge in [-0.05, 0) is 50.1 Å². The minimum Gasteiger partial charge on any atom is -0.497 e. The average Bonchev–Trinajstić information content (AvgIpc) is 3.04. The van der Waals surface area contributed by atoms with Gasteiger partial charge in [0.2, 0.25) is 0 Å². The van der Waals surface area contributed by atoms with E-state index in [0.717, 1.165) is 37.9 Å². The Bertz CT molecular complexity index is 965. The van der Waals surface area contributed by atoms with Gasteiger partial charge in [0.25, 0.3) is 5.91 Å². The maximum Gasteiger partial charge on any atom is 0.255 e. The minimum absolute atomic E-state index is 0.0731. The van der Waals surface area contributed by atoms with Gasteiger partial charge in [0, 0.05) is 24.5 Å². The second-order valence-electron chi connectivity index (χ2n) is 7.43. The van der Waals surface area contributed by atoms with Gasteiger partial charge in [-0.1, -0.05) is 30.3 Å². The first-order valence-corrected chi connectivity index (χ1v) is 9.78. The third-order valence-corrected chi connectivity index (χ3v) is 5.39. The molecule has 0 saturated carbocycles. The fourth-order valence-electron chi connectivity index (χ4n) is 4.02. The summed E-state index contributed by atoms with van der Waals surface area (Å²) in [6.45, 7) is 4.67. The van der Waals surface area contributed by atoms with Crippen LogP contribution in [0, 0.1) is 6.92 Å². The van der Waals surface area contributed by atoms with Crippen LogP contribution in [0.15, 0.2) is 52.9 Å². The first-order valence-electron chi connectivity index (χ1n) is 9.78. The van der Waals surface area contributed by atoms with Crippen molar-refractivity contribution >= 4 is 16.9 Å². The third-order valence-electron chi connectivity index (χ3n) is 5.39. The van der Waals surface area contributed by atoms with Gasteiger partial charge in [-0.25, -0.2) is 0 Å². The van der Waals surface area contributed by atoms with Crippen LogP contribution >= 0.6 is 0 Å². The number of aryl methyl sites for hydroxylation is 1. The Labute approximate surface area is 165 Å². The van der Waals surface area contributed by atoms with Gasteiger partial charge in [-0.15, -0.1) is 0 Å². The second-order valence-corrected chi connectivity index (χ2v) is 7.43. The smallest absolute Gasteiger partial charge is 0.255 e. The number of nitrogens with zero attached hydrogens (tertiary/aromatic N) is 1. The number of ether oxygens (including phenoxy) is 1. The van der Waals surface area contributed by atoms with Crippen LogP contribution in [0.4, 0.5) is 0 Å². The van der Waals surface area contributed by atoms with Crippen molar-refractivity contribution in [2.75, 3.05) is 20.2 Å². The maximum atomic E-state index is 13.0. The summed E-state index contributed by atoms with van der Waals surface area (Å²) in [5.74, 6) is 1.28. The maximum absolute atomic E-state index is 13.0. The van der Waals surface area contributed by atoms with Gasteiger partial charge in [-0.3, -0.25) is 9.69 Å². The highest BCUT2D eigenvalue weighted by Crippen LogP contribution is 2.29. The molecule has 1 aromatic heterocycles. The number of nitrogens with one attached hydrogen (secondary N) is 1. The molecule has 0 radical (unpaired) electrons. The molecule has 1 unspecified atom stereocenters. The number of rotatable bonds is 5. The van der Waals surface area contributed by atoms with Crippen molar-refractivity contribution in [3.8, 4) is 5.75 Å². The Kier molecular flexibility index (Phi) is 5.35. The number of benzene rings is 2. The lowest BCUT2D eigenvalue weighted by molar-refractivity contribution is 0.0900. The van der Waals surface area contributed by atoms with Crippen LogP contribution in [-0.4, -0.2) is 37.0 Å². The minimum atomic E-state index is -0.0731. The topological polar surface area (TPSA) is 54.7 Å². The molecule has 2 aromatic carbocycles. The molecule has 1 saturated heterocycles. The average molecular weight is 378 g/mol. The van der Waals surface area contributed by atoms with E-state index in [1.807, 2.05) is 31.2 Å². The normalized spacial score (nSPS) is 17.6. The van der Waals surface area contributed by atoms with E-state index in [1.54, 1.807) is 7.11 Å². The molecule has 1 aliphatic heterocycles. The fraction of sp³-hybridized carbons (Fsp3) is 0.348. The largest absolute Gasteiger partial charge is 0.497 e. The van der Waals surface area contributed by atoms with Crippen LogP contribution in [0.2, 0.25) is 0 Å². The van der Waals surface area contributed by atoms with Crippen molar-refractivity contribution in [3.63, 3.8) is 0 Å². The van der Waals surface area contributed by atoms with Gasteiger partial charge >= 0.3 is 0 Å². The first kappa shape index (κ1) is 18.6. The highest BCUT2D eigenvalue weighted by molar-refractivity contribution is 6.07. The highest BCUT2D eigenvalue weighted by Gasteiger charge is 2.25. The molecule has 0 aliphatic carbocycles.